The molecule has 0 radical (unpaired) electrons. The highest BCUT2D eigenvalue weighted by molar-refractivity contribution is 7.14. The second-order valence-corrected chi connectivity index (χ2v) is 8.06. The molecule has 0 unspecified atom stereocenters. The van der Waals surface area contributed by atoms with E-state index in [2.05, 4.69) is 5.32 Å². The number of hydrogen-bond donors (Lipinski definition) is 1. The molecule has 140 valence electrons. The summed E-state index contributed by atoms with van der Waals surface area (Å²) in [5.41, 5.74) is 0.0852. The summed E-state index contributed by atoms with van der Waals surface area (Å²) in [6.45, 7) is 5.43. The van der Waals surface area contributed by atoms with Crippen LogP contribution in [-0.4, -0.2) is 24.3 Å². The van der Waals surface area contributed by atoms with E-state index in [1.54, 1.807) is 24.3 Å². The lowest BCUT2D eigenvalue weighted by Gasteiger charge is -2.17. The van der Waals surface area contributed by atoms with Crippen LogP contribution in [0.15, 0.2) is 36.4 Å². The number of esters is 1. The Balaban J connectivity index is 1.89. The van der Waals surface area contributed by atoms with Gasteiger partial charge >= 0.3 is 5.97 Å². The molecule has 2 rings (SSSR count). The van der Waals surface area contributed by atoms with Crippen molar-refractivity contribution in [2.24, 2.45) is 5.41 Å². The van der Waals surface area contributed by atoms with Gasteiger partial charge in [-0.1, -0.05) is 26.8 Å². The summed E-state index contributed by atoms with van der Waals surface area (Å²) in [5, 5.41) is 11.7. The molecule has 0 aliphatic carbocycles. The van der Waals surface area contributed by atoms with Crippen molar-refractivity contribution in [3.8, 4) is 6.07 Å². The number of carbonyl (C=O) groups is 3. The van der Waals surface area contributed by atoms with E-state index in [9.17, 15) is 14.4 Å². The van der Waals surface area contributed by atoms with E-state index in [0.29, 0.717) is 17.0 Å². The lowest BCUT2D eigenvalue weighted by atomic mass is 9.96. The average Bonchev–Trinajstić information content (AvgIpc) is 3.12. The van der Waals surface area contributed by atoms with Gasteiger partial charge in [-0.2, -0.15) is 5.26 Å². The largest absolute Gasteiger partial charge is 0.454 e. The number of thiophene rings is 1. The molecule has 0 bridgehead atoms. The molecule has 0 aliphatic heterocycles. The molecule has 0 aliphatic rings. The van der Waals surface area contributed by atoms with Crippen LogP contribution in [0.1, 0.15) is 51.2 Å². The Morgan fingerprint density at radius 3 is 2.59 bits per heavy atom. The molecule has 7 heteroatoms. The van der Waals surface area contributed by atoms with Crippen LogP contribution in [0, 0.1) is 16.7 Å². The SMILES string of the molecule is CC(C)(C)C(=O)NCc1ccc(C(=O)COC(=O)c2cccc(C#N)c2)s1. The fraction of sp³-hybridized carbons (Fsp3) is 0.300. The Morgan fingerprint density at radius 2 is 1.93 bits per heavy atom. The maximum Gasteiger partial charge on any atom is 0.338 e. The Hall–Kier alpha value is -2.98. The Morgan fingerprint density at radius 1 is 1.19 bits per heavy atom. The standard InChI is InChI=1S/C20H20N2O4S/c1-20(2,3)19(25)22-11-15-7-8-17(27-15)16(23)12-26-18(24)14-6-4-5-13(9-14)10-21/h4-9H,11-12H2,1-3H3,(H,22,25). The van der Waals surface area contributed by atoms with Gasteiger partial charge in [0.2, 0.25) is 11.7 Å². The van der Waals surface area contributed by atoms with Crippen LogP contribution in [0.4, 0.5) is 0 Å². The predicted molar refractivity (Wildman–Crippen MR) is 101 cm³/mol. The van der Waals surface area contributed by atoms with Crippen molar-refractivity contribution < 1.29 is 19.1 Å². The topological polar surface area (TPSA) is 96.3 Å². The maximum atomic E-state index is 12.2. The van der Waals surface area contributed by atoms with Gasteiger partial charge < -0.3 is 10.1 Å². The number of ether oxygens (including phenoxy) is 1. The highest BCUT2D eigenvalue weighted by Crippen LogP contribution is 2.19. The van der Waals surface area contributed by atoms with E-state index in [1.807, 2.05) is 26.8 Å². The first-order valence-corrected chi connectivity index (χ1v) is 9.10. The Labute approximate surface area is 161 Å². The van der Waals surface area contributed by atoms with Crippen LogP contribution in [0.2, 0.25) is 0 Å². The van der Waals surface area contributed by atoms with Gasteiger partial charge in [0.1, 0.15) is 0 Å². The van der Waals surface area contributed by atoms with Crippen molar-refractivity contribution in [2.75, 3.05) is 6.61 Å². The van der Waals surface area contributed by atoms with Crippen LogP contribution in [0.5, 0.6) is 0 Å². The third kappa shape index (κ3) is 5.76. The first-order chi connectivity index (χ1) is 12.7. The average molecular weight is 384 g/mol. The van der Waals surface area contributed by atoms with Crippen LogP contribution in [-0.2, 0) is 16.1 Å². The monoisotopic (exact) mass is 384 g/mol. The normalized spacial score (nSPS) is 10.7. The number of nitrogens with one attached hydrogen (secondary N) is 1. The number of amides is 1. The zero-order chi connectivity index (χ0) is 20.0. The Bertz CT molecular complexity index is 903. The van der Waals surface area contributed by atoms with Gasteiger partial charge in [-0.25, -0.2) is 4.79 Å². The number of benzene rings is 1. The van der Waals surface area contributed by atoms with Crippen molar-refractivity contribution in [3.63, 3.8) is 0 Å². The minimum absolute atomic E-state index is 0.0719. The van der Waals surface area contributed by atoms with Crippen molar-refractivity contribution in [1.29, 1.82) is 5.26 Å². The molecule has 0 fully saturated rings. The van der Waals surface area contributed by atoms with Gasteiger partial charge in [0.15, 0.2) is 6.61 Å². The summed E-state index contributed by atoms with van der Waals surface area (Å²) in [6.07, 6.45) is 0. The van der Waals surface area contributed by atoms with Crippen LogP contribution in [0.25, 0.3) is 0 Å². The second-order valence-electron chi connectivity index (χ2n) is 6.89. The molecule has 1 aromatic heterocycles. The van der Waals surface area contributed by atoms with Crippen LogP contribution < -0.4 is 5.32 Å². The molecule has 6 nitrogen and oxygen atoms in total. The fourth-order valence-corrected chi connectivity index (χ4v) is 2.93. The summed E-state index contributed by atoms with van der Waals surface area (Å²) in [4.78, 5) is 37.4. The minimum Gasteiger partial charge on any atom is -0.454 e. The van der Waals surface area contributed by atoms with E-state index in [0.717, 1.165) is 4.88 Å². The summed E-state index contributed by atoms with van der Waals surface area (Å²) >= 11 is 1.25. The van der Waals surface area contributed by atoms with Gasteiger partial charge in [-0.15, -0.1) is 11.3 Å². The number of hydrogen-bond acceptors (Lipinski definition) is 6. The van der Waals surface area contributed by atoms with Gasteiger partial charge in [0.25, 0.3) is 0 Å². The van der Waals surface area contributed by atoms with Gasteiger partial charge in [-0.3, -0.25) is 9.59 Å². The molecule has 0 atom stereocenters. The maximum absolute atomic E-state index is 12.2. The number of carbonyl (C=O) groups excluding carboxylic acids is 3. The first-order valence-electron chi connectivity index (χ1n) is 8.28. The van der Waals surface area contributed by atoms with E-state index >= 15 is 0 Å². The van der Waals surface area contributed by atoms with Crippen molar-refractivity contribution >= 4 is 29.0 Å². The lowest BCUT2D eigenvalue weighted by Crippen LogP contribution is -2.34. The zero-order valence-corrected chi connectivity index (χ0v) is 16.2. The summed E-state index contributed by atoms with van der Waals surface area (Å²) in [7, 11) is 0. The van der Waals surface area contributed by atoms with Crippen molar-refractivity contribution in [3.05, 3.63) is 57.3 Å². The van der Waals surface area contributed by atoms with E-state index in [4.69, 9.17) is 10.00 Å². The Kier molecular flexibility index (Phi) is 6.48. The molecule has 0 saturated heterocycles. The first kappa shape index (κ1) is 20.3. The highest BCUT2D eigenvalue weighted by atomic mass is 32.1. The molecule has 1 N–H and O–H groups in total. The second kappa shape index (κ2) is 8.60. The van der Waals surface area contributed by atoms with E-state index in [-0.39, 0.29) is 23.9 Å². The van der Waals surface area contributed by atoms with E-state index < -0.39 is 11.4 Å². The van der Waals surface area contributed by atoms with Gasteiger partial charge in [-0.05, 0) is 30.3 Å². The molecule has 1 aromatic carbocycles. The van der Waals surface area contributed by atoms with Gasteiger partial charge in [0, 0.05) is 10.3 Å². The molecule has 0 spiro atoms. The number of ketones is 1. The predicted octanol–water partition coefficient (Wildman–Crippen LogP) is 3.32. The third-order valence-electron chi connectivity index (χ3n) is 3.60. The van der Waals surface area contributed by atoms with Crippen molar-refractivity contribution in [1.82, 2.24) is 5.32 Å². The summed E-state index contributed by atoms with van der Waals surface area (Å²) < 4.78 is 5.03. The van der Waals surface area contributed by atoms with E-state index in [1.165, 1.54) is 23.5 Å². The molecular formula is C20H20N2O4S. The zero-order valence-electron chi connectivity index (χ0n) is 15.4. The number of Topliss-reactive ketones (excluding diaryl/α,β-unsaturated/α-hetero) is 1. The summed E-state index contributed by atoms with van der Waals surface area (Å²) in [6, 6.07) is 11.4. The van der Waals surface area contributed by atoms with Crippen LogP contribution >= 0.6 is 11.3 Å². The number of nitrogens with zero attached hydrogens (tertiary/aromatic N) is 1. The van der Waals surface area contributed by atoms with Gasteiger partial charge in [0.05, 0.1) is 28.6 Å². The molecular weight excluding hydrogens is 364 g/mol. The molecule has 27 heavy (non-hydrogen) atoms. The number of rotatable bonds is 6. The minimum atomic E-state index is -0.658. The lowest BCUT2D eigenvalue weighted by molar-refractivity contribution is -0.128. The van der Waals surface area contributed by atoms with Crippen LogP contribution in [0.3, 0.4) is 0 Å². The van der Waals surface area contributed by atoms with Crippen molar-refractivity contribution in [2.45, 2.75) is 27.3 Å². The smallest absolute Gasteiger partial charge is 0.338 e. The fourth-order valence-electron chi connectivity index (χ4n) is 2.06. The molecule has 1 amide bonds. The summed E-state index contributed by atoms with van der Waals surface area (Å²) in [5.74, 6) is -1.05. The molecule has 1 heterocycles. The molecule has 0 saturated carbocycles. The third-order valence-corrected chi connectivity index (χ3v) is 4.73. The number of nitriles is 1. The highest BCUT2D eigenvalue weighted by Gasteiger charge is 2.21. The molecule has 2 aromatic rings. The quantitative estimate of drug-likeness (QED) is 0.609.